The van der Waals surface area contributed by atoms with Gasteiger partial charge in [-0.2, -0.15) is 0 Å². The lowest BCUT2D eigenvalue weighted by molar-refractivity contribution is 1.10. The van der Waals surface area contributed by atoms with Crippen LogP contribution in [0.2, 0.25) is 0 Å². The van der Waals surface area contributed by atoms with Crippen LogP contribution in [0.1, 0.15) is 24.1 Å². The van der Waals surface area contributed by atoms with Gasteiger partial charge in [0.15, 0.2) is 5.82 Å². The number of rotatable bonds is 3. The van der Waals surface area contributed by atoms with Crippen LogP contribution in [-0.4, -0.2) is 21.0 Å². The Kier molecular flexibility index (Phi) is 2.70. The molecule has 2 N–H and O–H groups in total. The fourth-order valence-electron chi connectivity index (χ4n) is 2.62. The Balaban J connectivity index is 1.91. The van der Waals surface area contributed by atoms with Gasteiger partial charge in [0.1, 0.15) is 11.5 Å². The first-order valence-corrected chi connectivity index (χ1v) is 7.40. The van der Waals surface area contributed by atoms with Crippen LogP contribution >= 0.6 is 0 Å². The van der Waals surface area contributed by atoms with Crippen molar-refractivity contribution in [2.75, 3.05) is 5.32 Å². The quantitative estimate of drug-likeness (QED) is 0.766. The monoisotopic (exact) mass is 278 g/mol. The number of H-pyrrole nitrogens is 1. The Hall–Kier alpha value is -2.36. The van der Waals surface area contributed by atoms with Gasteiger partial charge in [-0.3, -0.25) is 0 Å². The highest BCUT2D eigenvalue weighted by Crippen LogP contribution is 2.31. The minimum Gasteiger partial charge on any atom is -0.367 e. The molecular weight excluding hydrogens is 260 g/mol. The van der Waals surface area contributed by atoms with Gasteiger partial charge in [0.2, 0.25) is 0 Å². The highest BCUT2D eigenvalue weighted by atomic mass is 15.1. The maximum Gasteiger partial charge on any atom is 0.164 e. The van der Waals surface area contributed by atoms with E-state index in [1.165, 1.54) is 18.4 Å². The lowest BCUT2D eigenvalue weighted by Crippen LogP contribution is -2.05. The molecule has 0 bridgehead atoms. The van der Waals surface area contributed by atoms with Gasteiger partial charge in [0, 0.05) is 17.3 Å². The molecule has 0 aliphatic heterocycles. The zero-order valence-electron chi connectivity index (χ0n) is 12.3. The molecule has 2 heterocycles. The summed E-state index contributed by atoms with van der Waals surface area (Å²) in [7, 11) is 0. The number of anilines is 1. The van der Waals surface area contributed by atoms with E-state index in [0.717, 1.165) is 33.9 Å². The van der Waals surface area contributed by atoms with Crippen molar-refractivity contribution in [3.63, 3.8) is 0 Å². The second-order valence-corrected chi connectivity index (χ2v) is 5.84. The Morgan fingerprint density at radius 3 is 2.71 bits per heavy atom. The maximum atomic E-state index is 4.78. The van der Waals surface area contributed by atoms with E-state index in [2.05, 4.69) is 42.3 Å². The number of nitrogens with one attached hydrogen (secondary N) is 2. The molecule has 0 unspecified atom stereocenters. The first kappa shape index (κ1) is 12.4. The van der Waals surface area contributed by atoms with Crippen molar-refractivity contribution in [2.24, 2.45) is 0 Å². The van der Waals surface area contributed by atoms with Crippen molar-refractivity contribution in [1.82, 2.24) is 15.0 Å². The van der Waals surface area contributed by atoms with Gasteiger partial charge in [0.05, 0.1) is 5.39 Å². The van der Waals surface area contributed by atoms with E-state index in [-0.39, 0.29) is 0 Å². The van der Waals surface area contributed by atoms with E-state index < -0.39 is 0 Å². The summed E-state index contributed by atoms with van der Waals surface area (Å²) in [6, 6.07) is 10.9. The molecular formula is C17H18N4. The third-order valence-electron chi connectivity index (χ3n) is 3.93. The smallest absolute Gasteiger partial charge is 0.164 e. The molecule has 21 heavy (non-hydrogen) atoms. The number of aryl methyl sites for hydroxylation is 2. The average molecular weight is 278 g/mol. The molecule has 1 aromatic carbocycles. The molecule has 1 fully saturated rings. The molecule has 4 nitrogen and oxygen atoms in total. The van der Waals surface area contributed by atoms with Crippen LogP contribution in [0.25, 0.3) is 22.4 Å². The van der Waals surface area contributed by atoms with Gasteiger partial charge >= 0.3 is 0 Å². The summed E-state index contributed by atoms with van der Waals surface area (Å²) in [5.41, 5.74) is 4.30. The molecule has 1 saturated carbocycles. The highest BCUT2D eigenvalue weighted by Gasteiger charge is 2.23. The predicted octanol–water partition coefficient (Wildman–Crippen LogP) is 3.82. The van der Waals surface area contributed by atoms with Crippen LogP contribution in [0.3, 0.4) is 0 Å². The van der Waals surface area contributed by atoms with Crippen molar-refractivity contribution in [3.8, 4) is 11.4 Å². The van der Waals surface area contributed by atoms with Crippen LogP contribution in [0.4, 0.5) is 5.82 Å². The summed E-state index contributed by atoms with van der Waals surface area (Å²) in [6.45, 7) is 4.15. The number of aromatic nitrogens is 3. The lowest BCUT2D eigenvalue weighted by Gasteiger charge is -2.09. The van der Waals surface area contributed by atoms with Crippen molar-refractivity contribution in [1.29, 1.82) is 0 Å². The summed E-state index contributed by atoms with van der Waals surface area (Å²) >= 11 is 0. The van der Waals surface area contributed by atoms with Crippen LogP contribution in [0, 0.1) is 13.8 Å². The fraction of sp³-hybridized carbons (Fsp3) is 0.294. The molecule has 0 atom stereocenters. The zero-order chi connectivity index (χ0) is 14.4. The lowest BCUT2D eigenvalue weighted by atomic mass is 10.1. The largest absolute Gasteiger partial charge is 0.367 e. The van der Waals surface area contributed by atoms with Crippen molar-refractivity contribution < 1.29 is 0 Å². The number of hydrogen-bond donors (Lipinski definition) is 2. The minimum atomic E-state index is 0.572. The van der Waals surface area contributed by atoms with Gasteiger partial charge in [-0.25, -0.2) is 9.97 Å². The normalized spacial score (nSPS) is 14.6. The molecule has 1 aliphatic carbocycles. The number of nitrogens with zero attached hydrogens (tertiary/aromatic N) is 2. The molecule has 3 aromatic rings. The number of aromatic amines is 1. The molecule has 0 saturated heterocycles. The first-order valence-electron chi connectivity index (χ1n) is 7.40. The summed E-state index contributed by atoms with van der Waals surface area (Å²) in [5.74, 6) is 1.73. The number of hydrogen-bond acceptors (Lipinski definition) is 3. The summed E-state index contributed by atoms with van der Waals surface area (Å²) in [6.07, 6.45) is 2.46. The zero-order valence-corrected chi connectivity index (χ0v) is 12.3. The Labute approximate surface area is 123 Å². The number of fused-ring (bicyclic) bond motifs is 1. The van der Waals surface area contributed by atoms with Crippen LogP contribution in [0.5, 0.6) is 0 Å². The molecule has 0 spiro atoms. The summed E-state index contributed by atoms with van der Waals surface area (Å²) in [5, 5.41) is 4.61. The van der Waals surface area contributed by atoms with Gasteiger partial charge in [-0.1, -0.05) is 24.3 Å². The van der Waals surface area contributed by atoms with Gasteiger partial charge in [0.25, 0.3) is 0 Å². The minimum absolute atomic E-state index is 0.572. The first-order chi connectivity index (χ1) is 10.2. The maximum absolute atomic E-state index is 4.78. The summed E-state index contributed by atoms with van der Waals surface area (Å²) < 4.78 is 0. The molecule has 0 amide bonds. The SMILES string of the molecule is Cc1cc2c(NC3CC3)nc(-c3ccccc3C)nc2[nH]1. The van der Waals surface area contributed by atoms with Crippen molar-refractivity contribution >= 4 is 16.9 Å². The molecule has 1 aliphatic rings. The van der Waals surface area contributed by atoms with Gasteiger partial charge in [-0.15, -0.1) is 0 Å². The van der Waals surface area contributed by atoms with Crippen molar-refractivity contribution in [3.05, 3.63) is 41.6 Å². The second kappa shape index (κ2) is 4.58. The third-order valence-corrected chi connectivity index (χ3v) is 3.93. The predicted molar refractivity (Wildman–Crippen MR) is 85.4 cm³/mol. The topological polar surface area (TPSA) is 53.6 Å². The van der Waals surface area contributed by atoms with Gasteiger partial charge < -0.3 is 10.3 Å². The van der Waals surface area contributed by atoms with E-state index in [9.17, 15) is 0 Å². The molecule has 2 aromatic heterocycles. The molecule has 106 valence electrons. The molecule has 4 heteroatoms. The van der Waals surface area contributed by atoms with Crippen molar-refractivity contribution in [2.45, 2.75) is 32.7 Å². The molecule has 4 rings (SSSR count). The van der Waals surface area contributed by atoms with E-state index in [1.807, 2.05) is 12.1 Å². The molecule has 0 radical (unpaired) electrons. The Morgan fingerprint density at radius 2 is 1.95 bits per heavy atom. The van der Waals surface area contributed by atoms with E-state index >= 15 is 0 Å². The highest BCUT2D eigenvalue weighted by molar-refractivity contribution is 5.89. The van der Waals surface area contributed by atoms with Crippen LogP contribution in [-0.2, 0) is 0 Å². The van der Waals surface area contributed by atoms with Gasteiger partial charge in [-0.05, 0) is 38.3 Å². The second-order valence-electron chi connectivity index (χ2n) is 5.84. The van der Waals surface area contributed by atoms with E-state index in [4.69, 9.17) is 9.97 Å². The third kappa shape index (κ3) is 2.27. The van der Waals surface area contributed by atoms with E-state index in [1.54, 1.807) is 0 Å². The van der Waals surface area contributed by atoms with Crippen LogP contribution < -0.4 is 5.32 Å². The summed E-state index contributed by atoms with van der Waals surface area (Å²) in [4.78, 5) is 12.8. The Morgan fingerprint density at radius 1 is 1.14 bits per heavy atom. The standard InChI is InChI=1S/C17H18N4/c1-10-5-3-4-6-13(10)15-20-16-14(9-11(2)18-16)17(21-15)19-12-7-8-12/h3-6,9,12H,7-8H2,1-2H3,(H2,18,19,20,21). The number of benzene rings is 1. The fourth-order valence-corrected chi connectivity index (χ4v) is 2.62. The van der Waals surface area contributed by atoms with E-state index in [0.29, 0.717) is 6.04 Å². The van der Waals surface area contributed by atoms with Crippen LogP contribution in [0.15, 0.2) is 30.3 Å². The average Bonchev–Trinajstić information content (AvgIpc) is 3.19. The Bertz CT molecular complexity index is 815.